The van der Waals surface area contributed by atoms with Crippen LogP contribution in [-0.2, 0) is 0 Å². The number of hydrogen-bond donors (Lipinski definition) is 0. The average Bonchev–Trinajstić information content (AvgIpc) is 2.36. The predicted octanol–water partition coefficient (Wildman–Crippen LogP) is 5.15. The maximum Gasteiger partial charge on any atom is 0.230 e. The van der Waals surface area contributed by atoms with Gasteiger partial charge >= 0.3 is 0 Å². The summed E-state index contributed by atoms with van der Waals surface area (Å²) in [7, 11) is 0. The third-order valence-electron chi connectivity index (χ3n) is 2.33. The molecule has 2 aromatic rings. The zero-order chi connectivity index (χ0) is 14.0. The van der Waals surface area contributed by atoms with Crippen molar-refractivity contribution >= 4 is 44.9 Å². The van der Waals surface area contributed by atoms with Crippen LogP contribution in [0.5, 0.6) is 11.6 Å². The van der Waals surface area contributed by atoms with Crippen LogP contribution in [0.1, 0.15) is 17.3 Å². The Morgan fingerprint density at radius 2 is 2.05 bits per heavy atom. The summed E-state index contributed by atoms with van der Waals surface area (Å²) < 4.78 is 6.23. The van der Waals surface area contributed by atoms with E-state index in [-0.39, 0.29) is 11.7 Å². The molecular formula is C13H8BrCl2NO2. The third kappa shape index (κ3) is 3.26. The lowest BCUT2D eigenvalue weighted by atomic mass is 10.2. The first-order valence-electron chi connectivity index (χ1n) is 5.27. The number of halogens is 3. The highest BCUT2D eigenvalue weighted by molar-refractivity contribution is 9.10. The zero-order valence-electron chi connectivity index (χ0n) is 9.78. The van der Waals surface area contributed by atoms with E-state index in [1.165, 1.54) is 13.1 Å². The van der Waals surface area contributed by atoms with Crippen LogP contribution in [0.2, 0.25) is 10.0 Å². The Kier molecular flexibility index (Phi) is 4.45. The number of aromatic nitrogens is 1. The number of Topliss-reactive ketones (excluding diaryl/α,β-unsaturated/α-hetero) is 1. The van der Waals surface area contributed by atoms with E-state index in [1.54, 1.807) is 24.3 Å². The van der Waals surface area contributed by atoms with Crippen molar-refractivity contribution in [3.63, 3.8) is 0 Å². The van der Waals surface area contributed by atoms with E-state index in [1.807, 2.05) is 0 Å². The number of nitrogens with zero attached hydrogens (tertiary/aromatic N) is 1. The van der Waals surface area contributed by atoms with Crippen LogP contribution < -0.4 is 4.74 Å². The van der Waals surface area contributed by atoms with Crippen molar-refractivity contribution in [3.05, 3.63) is 50.5 Å². The molecule has 0 unspecified atom stereocenters. The van der Waals surface area contributed by atoms with Crippen LogP contribution in [0, 0.1) is 0 Å². The molecule has 1 aromatic carbocycles. The van der Waals surface area contributed by atoms with Crippen molar-refractivity contribution in [2.24, 2.45) is 0 Å². The van der Waals surface area contributed by atoms with E-state index < -0.39 is 0 Å². The van der Waals surface area contributed by atoms with E-state index in [0.29, 0.717) is 25.8 Å². The minimum absolute atomic E-state index is 0.137. The Morgan fingerprint density at radius 1 is 1.32 bits per heavy atom. The predicted molar refractivity (Wildman–Crippen MR) is 78.5 cm³/mol. The fraction of sp³-hybridized carbons (Fsp3) is 0.0769. The van der Waals surface area contributed by atoms with Crippen molar-refractivity contribution < 1.29 is 9.53 Å². The second-order valence-corrected chi connectivity index (χ2v) is 5.38. The lowest BCUT2D eigenvalue weighted by molar-refractivity contribution is 0.101. The molecule has 0 amide bonds. The molecule has 0 N–H and O–H groups in total. The van der Waals surface area contributed by atoms with Gasteiger partial charge in [-0.05, 0) is 41.1 Å². The maximum absolute atomic E-state index is 11.5. The lowest BCUT2D eigenvalue weighted by Crippen LogP contribution is -1.99. The molecule has 0 aliphatic rings. The summed E-state index contributed by atoms with van der Waals surface area (Å²) >= 11 is 15.3. The summed E-state index contributed by atoms with van der Waals surface area (Å²) in [6.45, 7) is 1.44. The summed E-state index contributed by atoms with van der Waals surface area (Å²) in [6.07, 6.45) is 1.54. The molecule has 0 saturated carbocycles. The van der Waals surface area contributed by atoms with Crippen LogP contribution >= 0.6 is 39.1 Å². The molecular weight excluding hydrogens is 353 g/mol. The van der Waals surface area contributed by atoms with Gasteiger partial charge in [0, 0.05) is 16.7 Å². The van der Waals surface area contributed by atoms with E-state index in [0.717, 1.165) is 0 Å². The van der Waals surface area contributed by atoms with Crippen molar-refractivity contribution in [1.29, 1.82) is 0 Å². The van der Waals surface area contributed by atoms with Gasteiger partial charge in [0.15, 0.2) is 5.78 Å². The molecule has 0 aliphatic carbocycles. The van der Waals surface area contributed by atoms with Crippen molar-refractivity contribution in [3.8, 4) is 11.6 Å². The molecule has 2 rings (SSSR count). The average molecular weight is 361 g/mol. The monoisotopic (exact) mass is 359 g/mol. The SMILES string of the molecule is CC(=O)c1cccnc1Oc1cc(Cl)c(Br)cc1Cl. The highest BCUT2D eigenvalue weighted by Crippen LogP contribution is 2.36. The molecule has 3 nitrogen and oxygen atoms in total. The molecule has 6 heteroatoms. The quantitative estimate of drug-likeness (QED) is 0.561. The molecule has 0 radical (unpaired) electrons. The van der Waals surface area contributed by atoms with Gasteiger partial charge in [-0.15, -0.1) is 0 Å². The van der Waals surface area contributed by atoms with Gasteiger partial charge in [0.1, 0.15) is 5.75 Å². The minimum atomic E-state index is -0.137. The Hall–Kier alpha value is -1.10. The molecule has 0 spiro atoms. The van der Waals surface area contributed by atoms with Gasteiger partial charge in [-0.25, -0.2) is 4.98 Å². The van der Waals surface area contributed by atoms with Gasteiger partial charge < -0.3 is 4.74 Å². The Balaban J connectivity index is 2.42. The molecule has 0 bridgehead atoms. The van der Waals surface area contributed by atoms with E-state index in [9.17, 15) is 4.79 Å². The zero-order valence-corrected chi connectivity index (χ0v) is 12.9. The number of ether oxygens (including phenoxy) is 1. The maximum atomic E-state index is 11.5. The van der Waals surface area contributed by atoms with Gasteiger partial charge in [0.2, 0.25) is 5.88 Å². The summed E-state index contributed by atoms with van der Waals surface area (Å²) in [5.74, 6) is 0.411. The molecule has 0 aliphatic heterocycles. The van der Waals surface area contributed by atoms with Crippen molar-refractivity contribution in [2.45, 2.75) is 6.92 Å². The molecule has 98 valence electrons. The molecule has 1 aromatic heterocycles. The van der Waals surface area contributed by atoms with E-state index in [4.69, 9.17) is 27.9 Å². The van der Waals surface area contributed by atoms with Gasteiger partial charge in [-0.3, -0.25) is 4.79 Å². The Labute approximate surface area is 128 Å². The summed E-state index contributed by atoms with van der Waals surface area (Å²) in [5, 5.41) is 0.830. The number of rotatable bonds is 3. The topological polar surface area (TPSA) is 39.2 Å². The number of carbonyl (C=O) groups excluding carboxylic acids is 1. The molecule has 1 heterocycles. The smallest absolute Gasteiger partial charge is 0.230 e. The standard InChI is InChI=1S/C13H8BrCl2NO2/c1-7(18)8-3-2-4-17-13(8)19-12-6-10(15)9(14)5-11(12)16/h2-6H,1H3. The summed E-state index contributed by atoms with van der Waals surface area (Å²) in [6, 6.07) is 6.49. The van der Waals surface area contributed by atoms with Crippen molar-refractivity contribution in [1.82, 2.24) is 4.98 Å². The molecule has 0 fully saturated rings. The third-order valence-corrected chi connectivity index (χ3v) is 3.82. The Morgan fingerprint density at radius 3 is 2.74 bits per heavy atom. The van der Waals surface area contributed by atoms with Crippen molar-refractivity contribution in [2.75, 3.05) is 0 Å². The normalized spacial score (nSPS) is 10.3. The number of carbonyl (C=O) groups is 1. The molecule has 19 heavy (non-hydrogen) atoms. The minimum Gasteiger partial charge on any atom is -0.437 e. The van der Waals surface area contributed by atoms with Crippen LogP contribution in [0.4, 0.5) is 0 Å². The number of ketones is 1. The number of hydrogen-bond acceptors (Lipinski definition) is 3. The first-order valence-corrected chi connectivity index (χ1v) is 6.82. The van der Waals surface area contributed by atoms with E-state index in [2.05, 4.69) is 20.9 Å². The van der Waals surface area contributed by atoms with Gasteiger partial charge in [0.05, 0.1) is 15.6 Å². The van der Waals surface area contributed by atoms with Gasteiger partial charge in [-0.1, -0.05) is 23.2 Å². The van der Waals surface area contributed by atoms with E-state index >= 15 is 0 Å². The van der Waals surface area contributed by atoms with Gasteiger partial charge in [-0.2, -0.15) is 0 Å². The Bertz CT molecular complexity index is 647. The molecule has 0 atom stereocenters. The summed E-state index contributed by atoms with van der Waals surface area (Å²) in [5.41, 5.74) is 0.387. The van der Waals surface area contributed by atoms with Gasteiger partial charge in [0.25, 0.3) is 0 Å². The largest absolute Gasteiger partial charge is 0.437 e. The highest BCUT2D eigenvalue weighted by atomic mass is 79.9. The van der Waals surface area contributed by atoms with Crippen LogP contribution in [0.15, 0.2) is 34.9 Å². The number of benzene rings is 1. The lowest BCUT2D eigenvalue weighted by Gasteiger charge is -2.10. The fourth-order valence-electron chi connectivity index (χ4n) is 1.43. The summed E-state index contributed by atoms with van der Waals surface area (Å²) in [4.78, 5) is 15.5. The first-order chi connectivity index (χ1) is 8.99. The van der Waals surface area contributed by atoms with Crippen LogP contribution in [-0.4, -0.2) is 10.8 Å². The van der Waals surface area contributed by atoms with Crippen LogP contribution in [0.3, 0.4) is 0 Å². The second kappa shape index (κ2) is 5.90. The number of pyridine rings is 1. The second-order valence-electron chi connectivity index (χ2n) is 3.71. The highest BCUT2D eigenvalue weighted by Gasteiger charge is 2.13. The van der Waals surface area contributed by atoms with Crippen LogP contribution in [0.25, 0.3) is 0 Å². The first kappa shape index (κ1) is 14.3. The molecule has 0 saturated heterocycles. The fourth-order valence-corrected chi connectivity index (χ4v) is 2.26.